The Labute approximate surface area is 128 Å². The number of carbonyl (C=O) groups is 1. The molecule has 0 aliphatic carbocycles. The molecule has 0 aliphatic rings. The van der Waals surface area contributed by atoms with E-state index >= 15 is 0 Å². The molecule has 22 heavy (non-hydrogen) atoms. The van der Waals surface area contributed by atoms with Crippen LogP contribution in [0.3, 0.4) is 0 Å². The molecule has 0 atom stereocenters. The van der Waals surface area contributed by atoms with Crippen LogP contribution in [0.25, 0.3) is 0 Å². The number of nitrogens with one attached hydrogen (secondary N) is 1. The summed E-state index contributed by atoms with van der Waals surface area (Å²) in [4.78, 5) is 15.8. The number of para-hydroxylation sites is 1. The van der Waals surface area contributed by atoms with Crippen LogP contribution in [0.1, 0.15) is 22.8 Å². The topological polar surface area (TPSA) is 102 Å². The Kier molecular flexibility index (Phi) is 4.60. The van der Waals surface area contributed by atoms with Crippen LogP contribution in [0.15, 0.2) is 22.7 Å². The zero-order valence-electron chi connectivity index (χ0n) is 12.6. The van der Waals surface area contributed by atoms with Crippen molar-refractivity contribution in [2.24, 2.45) is 0 Å². The summed E-state index contributed by atoms with van der Waals surface area (Å²) in [5.74, 6) is -1.34. The first-order valence-electron chi connectivity index (χ1n) is 6.62. The van der Waals surface area contributed by atoms with Crippen molar-refractivity contribution in [1.82, 2.24) is 10.1 Å². The highest BCUT2D eigenvalue weighted by Gasteiger charge is 2.21. The smallest absolute Gasteiger partial charge is 0.241 e. The zero-order chi connectivity index (χ0) is 16.3. The van der Waals surface area contributed by atoms with E-state index in [0.29, 0.717) is 11.5 Å². The van der Waals surface area contributed by atoms with Crippen molar-refractivity contribution in [3.63, 3.8) is 0 Å². The van der Waals surface area contributed by atoms with Gasteiger partial charge in [0, 0.05) is 5.69 Å². The Bertz CT molecular complexity index is 776. The fourth-order valence-corrected chi connectivity index (χ4v) is 3.09. The normalized spacial score (nSPS) is 11.4. The number of rotatable bonds is 5. The Morgan fingerprint density at radius 1 is 1.23 bits per heavy atom. The molecule has 0 spiro atoms. The summed E-state index contributed by atoms with van der Waals surface area (Å²) in [7, 11) is -3.67. The van der Waals surface area contributed by atoms with Gasteiger partial charge in [-0.25, -0.2) is 8.42 Å². The maximum absolute atomic E-state index is 12.0. The molecular formula is C14H17N3O4S. The second kappa shape index (κ2) is 6.27. The number of sulfone groups is 1. The predicted octanol–water partition coefficient (Wildman–Crippen LogP) is 1.55. The molecule has 1 amide bonds. The van der Waals surface area contributed by atoms with Crippen molar-refractivity contribution in [3.8, 4) is 0 Å². The van der Waals surface area contributed by atoms with Gasteiger partial charge < -0.3 is 9.84 Å². The van der Waals surface area contributed by atoms with Crippen molar-refractivity contribution in [2.45, 2.75) is 26.5 Å². The van der Waals surface area contributed by atoms with E-state index in [0.717, 1.165) is 11.1 Å². The SMILES string of the molecule is Cc1noc(CS(=O)(=O)CC(=O)Nc2c(C)cccc2C)n1. The van der Waals surface area contributed by atoms with Gasteiger partial charge in [0.15, 0.2) is 15.7 Å². The number of hydrogen-bond acceptors (Lipinski definition) is 6. The lowest BCUT2D eigenvalue weighted by Gasteiger charge is -2.11. The van der Waals surface area contributed by atoms with Crippen LogP contribution in [-0.4, -0.2) is 30.2 Å². The summed E-state index contributed by atoms with van der Waals surface area (Å²) in [6.07, 6.45) is 0. The number of hydrogen-bond donors (Lipinski definition) is 1. The lowest BCUT2D eigenvalue weighted by molar-refractivity contribution is -0.113. The maximum Gasteiger partial charge on any atom is 0.241 e. The average molecular weight is 323 g/mol. The predicted molar refractivity (Wildman–Crippen MR) is 81.1 cm³/mol. The minimum atomic E-state index is -3.67. The van der Waals surface area contributed by atoms with Gasteiger partial charge in [0.25, 0.3) is 0 Å². The third-order valence-corrected chi connectivity index (χ3v) is 4.40. The molecule has 1 N–H and O–H groups in total. The summed E-state index contributed by atoms with van der Waals surface area (Å²) in [6.45, 7) is 5.28. The van der Waals surface area contributed by atoms with Crippen LogP contribution >= 0.6 is 0 Å². The van der Waals surface area contributed by atoms with Gasteiger partial charge in [0.05, 0.1) is 0 Å². The first kappa shape index (κ1) is 16.2. The first-order valence-corrected chi connectivity index (χ1v) is 8.44. The number of amides is 1. The van der Waals surface area contributed by atoms with E-state index in [1.54, 1.807) is 6.92 Å². The van der Waals surface area contributed by atoms with Crippen molar-refractivity contribution >= 4 is 21.4 Å². The number of carbonyl (C=O) groups excluding carboxylic acids is 1. The highest BCUT2D eigenvalue weighted by atomic mass is 32.2. The van der Waals surface area contributed by atoms with Crippen LogP contribution in [0.4, 0.5) is 5.69 Å². The second-order valence-corrected chi connectivity index (χ2v) is 7.15. The number of nitrogens with zero attached hydrogens (tertiary/aromatic N) is 2. The number of benzene rings is 1. The van der Waals surface area contributed by atoms with Crippen LogP contribution in [0.2, 0.25) is 0 Å². The van der Waals surface area contributed by atoms with E-state index in [2.05, 4.69) is 15.5 Å². The van der Waals surface area contributed by atoms with Gasteiger partial charge in [-0.1, -0.05) is 23.4 Å². The summed E-state index contributed by atoms with van der Waals surface area (Å²) in [6, 6.07) is 5.56. The molecule has 0 aliphatic heterocycles. The van der Waals surface area contributed by atoms with E-state index in [9.17, 15) is 13.2 Å². The molecule has 0 unspecified atom stereocenters. The molecule has 1 aromatic heterocycles. The lowest BCUT2D eigenvalue weighted by Crippen LogP contribution is -2.24. The molecule has 0 saturated heterocycles. The minimum absolute atomic E-state index is 0.0163. The fourth-order valence-electron chi connectivity index (χ4n) is 2.02. The third kappa shape index (κ3) is 4.14. The highest BCUT2D eigenvalue weighted by Crippen LogP contribution is 2.19. The zero-order valence-corrected chi connectivity index (χ0v) is 13.4. The van der Waals surface area contributed by atoms with Crippen LogP contribution in [-0.2, 0) is 20.4 Å². The molecule has 0 fully saturated rings. The van der Waals surface area contributed by atoms with Crippen molar-refractivity contribution in [1.29, 1.82) is 0 Å². The number of aryl methyl sites for hydroxylation is 3. The fraction of sp³-hybridized carbons (Fsp3) is 0.357. The minimum Gasteiger partial charge on any atom is -0.338 e. The molecule has 1 aromatic carbocycles. The van der Waals surface area contributed by atoms with Gasteiger partial charge >= 0.3 is 0 Å². The lowest BCUT2D eigenvalue weighted by atomic mass is 10.1. The molecule has 2 aromatic rings. The van der Waals surface area contributed by atoms with Gasteiger partial charge in [-0.15, -0.1) is 0 Å². The van der Waals surface area contributed by atoms with Crippen molar-refractivity contribution in [3.05, 3.63) is 41.0 Å². The Morgan fingerprint density at radius 3 is 2.41 bits per heavy atom. The summed E-state index contributed by atoms with van der Waals surface area (Å²) in [5, 5.41) is 6.16. The standard InChI is InChI=1S/C14H17N3O4S/c1-9-5-4-6-10(2)14(9)16-12(18)7-22(19,20)8-13-15-11(3)17-21-13/h4-6H,7-8H2,1-3H3,(H,16,18). The molecule has 118 valence electrons. The molecular weight excluding hydrogens is 306 g/mol. The van der Waals surface area contributed by atoms with Crippen molar-refractivity contribution in [2.75, 3.05) is 11.1 Å². The largest absolute Gasteiger partial charge is 0.338 e. The maximum atomic E-state index is 12.0. The second-order valence-electron chi connectivity index (χ2n) is 5.08. The van der Waals surface area contributed by atoms with E-state index in [1.807, 2.05) is 32.0 Å². The van der Waals surface area contributed by atoms with Crippen LogP contribution in [0.5, 0.6) is 0 Å². The molecule has 0 radical (unpaired) electrons. The first-order chi connectivity index (χ1) is 10.3. The molecule has 0 bridgehead atoms. The van der Waals surface area contributed by atoms with Gasteiger partial charge in [-0.2, -0.15) is 4.98 Å². The van der Waals surface area contributed by atoms with Gasteiger partial charge in [-0.05, 0) is 31.9 Å². The monoisotopic (exact) mass is 323 g/mol. The average Bonchev–Trinajstić information content (AvgIpc) is 2.78. The van der Waals surface area contributed by atoms with E-state index in [-0.39, 0.29) is 5.89 Å². The van der Waals surface area contributed by atoms with Gasteiger partial charge in [0.1, 0.15) is 11.5 Å². The third-order valence-electron chi connectivity index (χ3n) is 3.01. The molecule has 1 heterocycles. The number of aromatic nitrogens is 2. The molecule has 0 saturated carbocycles. The Hall–Kier alpha value is -2.22. The van der Waals surface area contributed by atoms with Gasteiger partial charge in [0.2, 0.25) is 11.8 Å². The van der Waals surface area contributed by atoms with Gasteiger partial charge in [-0.3, -0.25) is 4.79 Å². The van der Waals surface area contributed by atoms with E-state index < -0.39 is 27.3 Å². The van der Waals surface area contributed by atoms with Crippen molar-refractivity contribution < 1.29 is 17.7 Å². The molecule has 7 nitrogen and oxygen atoms in total. The highest BCUT2D eigenvalue weighted by molar-refractivity contribution is 7.91. The Balaban J connectivity index is 2.05. The summed E-state index contributed by atoms with van der Waals surface area (Å²) in [5.41, 5.74) is 2.38. The molecule has 8 heteroatoms. The Morgan fingerprint density at radius 2 is 1.86 bits per heavy atom. The summed E-state index contributed by atoms with van der Waals surface area (Å²) >= 11 is 0. The van der Waals surface area contributed by atoms with E-state index in [4.69, 9.17) is 4.52 Å². The number of anilines is 1. The van der Waals surface area contributed by atoms with Crippen LogP contribution < -0.4 is 5.32 Å². The van der Waals surface area contributed by atoms with E-state index in [1.165, 1.54) is 0 Å². The molecule has 2 rings (SSSR count). The summed E-state index contributed by atoms with van der Waals surface area (Å²) < 4.78 is 28.7. The quantitative estimate of drug-likeness (QED) is 0.895. The van der Waals surface area contributed by atoms with Crippen LogP contribution in [0, 0.1) is 20.8 Å².